The van der Waals surface area contributed by atoms with E-state index in [-0.39, 0.29) is 10.8 Å². The van der Waals surface area contributed by atoms with Crippen LogP contribution in [-0.4, -0.2) is 42.1 Å². The van der Waals surface area contributed by atoms with Crippen molar-refractivity contribution in [1.82, 2.24) is 4.90 Å². The largest absolute Gasteiger partial charge is 0.340 e. The molecule has 24 heavy (non-hydrogen) atoms. The van der Waals surface area contributed by atoms with Gasteiger partial charge in [0.15, 0.2) is 0 Å². The molecule has 0 N–H and O–H groups in total. The van der Waals surface area contributed by atoms with Crippen molar-refractivity contribution in [1.29, 1.82) is 0 Å². The van der Waals surface area contributed by atoms with Gasteiger partial charge in [-0.15, -0.1) is 0 Å². The van der Waals surface area contributed by atoms with Gasteiger partial charge in [-0.3, -0.25) is 14.9 Å². The van der Waals surface area contributed by atoms with Crippen LogP contribution in [0.5, 0.6) is 0 Å². The Labute approximate surface area is 142 Å². The van der Waals surface area contributed by atoms with E-state index in [4.69, 9.17) is 0 Å². The number of sulfone groups is 1. The van der Waals surface area contributed by atoms with Gasteiger partial charge in [0, 0.05) is 24.9 Å². The predicted octanol–water partition coefficient (Wildman–Crippen LogP) is 2.27. The molecule has 1 aromatic rings. The van der Waals surface area contributed by atoms with Crippen molar-refractivity contribution in [3.63, 3.8) is 0 Å². The van der Waals surface area contributed by atoms with Gasteiger partial charge < -0.3 is 4.90 Å². The fourth-order valence-electron chi connectivity index (χ4n) is 2.16. The summed E-state index contributed by atoms with van der Waals surface area (Å²) in [7, 11) is -4.20. The Morgan fingerprint density at radius 3 is 2.25 bits per heavy atom. The second kappa shape index (κ2) is 8.05. The molecule has 0 spiro atoms. The maximum absolute atomic E-state index is 12.6. The molecule has 1 aromatic carbocycles. The summed E-state index contributed by atoms with van der Waals surface area (Å²) in [6.07, 6.45) is 2.05. The number of amides is 1. The Bertz CT molecular complexity index is 711. The van der Waals surface area contributed by atoms with Gasteiger partial charge in [-0.05, 0) is 32.1 Å². The Balaban J connectivity index is 3.10. The van der Waals surface area contributed by atoms with Gasteiger partial charge in [0.05, 0.1) is 11.3 Å². The van der Waals surface area contributed by atoms with Crippen LogP contribution in [-0.2, 0) is 14.6 Å². The van der Waals surface area contributed by atoms with E-state index in [1.54, 1.807) is 6.07 Å². The molecule has 0 bridgehead atoms. The highest BCUT2D eigenvalue weighted by atomic mass is 32.2. The van der Waals surface area contributed by atoms with Gasteiger partial charge in [0.25, 0.3) is 0 Å². The van der Waals surface area contributed by atoms with E-state index in [0.29, 0.717) is 13.1 Å². The molecule has 7 nitrogen and oxygen atoms in total. The van der Waals surface area contributed by atoms with Crippen LogP contribution in [0.4, 0.5) is 0 Å². The molecule has 1 rings (SSSR count). The smallest absolute Gasteiger partial charge is 0.324 e. The lowest BCUT2D eigenvalue weighted by Crippen LogP contribution is -2.43. The average Bonchev–Trinajstić information content (AvgIpc) is 2.56. The first-order valence-electron chi connectivity index (χ1n) is 7.60. The summed E-state index contributed by atoms with van der Waals surface area (Å²) in [6, 6.07) is 7.29. The van der Waals surface area contributed by atoms with Gasteiger partial charge in [-0.25, -0.2) is 8.42 Å². The van der Waals surface area contributed by atoms with Crippen molar-refractivity contribution < 1.29 is 18.1 Å². The van der Waals surface area contributed by atoms with Crippen LogP contribution in [0.2, 0.25) is 0 Å². The van der Waals surface area contributed by atoms with Crippen LogP contribution in [0.15, 0.2) is 47.4 Å². The van der Waals surface area contributed by atoms with Crippen LogP contribution < -0.4 is 0 Å². The quantitative estimate of drug-likeness (QED) is 0.405. The lowest BCUT2D eigenvalue weighted by molar-refractivity contribution is -0.535. The third-order valence-electron chi connectivity index (χ3n) is 3.85. The molecular weight excluding hydrogens is 332 g/mol. The fraction of sp³-hybridized carbons (Fsp3) is 0.438. The van der Waals surface area contributed by atoms with Crippen LogP contribution in [0, 0.1) is 10.1 Å². The molecule has 0 saturated heterocycles. The molecule has 1 amide bonds. The summed E-state index contributed by atoms with van der Waals surface area (Å²) in [6.45, 7) is 5.71. The van der Waals surface area contributed by atoms with Crippen molar-refractivity contribution >= 4 is 15.7 Å². The van der Waals surface area contributed by atoms with Gasteiger partial charge in [-0.2, -0.15) is 0 Å². The Morgan fingerprint density at radius 1 is 1.25 bits per heavy atom. The molecule has 0 aliphatic heterocycles. The molecule has 0 aliphatic carbocycles. The number of nitrogens with zero attached hydrogens (tertiary/aromatic N) is 2. The van der Waals surface area contributed by atoms with Crippen molar-refractivity contribution in [2.75, 3.05) is 13.1 Å². The van der Waals surface area contributed by atoms with Crippen molar-refractivity contribution in [3.05, 3.63) is 52.6 Å². The third-order valence-corrected chi connectivity index (χ3v) is 6.22. The second-order valence-corrected chi connectivity index (χ2v) is 7.72. The molecule has 0 heterocycles. The topological polar surface area (TPSA) is 97.6 Å². The maximum Gasteiger partial charge on any atom is 0.324 e. The number of hydrogen-bond acceptors (Lipinski definition) is 5. The summed E-state index contributed by atoms with van der Waals surface area (Å²) >= 11 is 0. The minimum atomic E-state index is -4.20. The molecule has 8 heteroatoms. The molecular formula is C16H22N2O5S. The number of carbonyl (C=O) groups excluding carboxylic acids is 1. The van der Waals surface area contributed by atoms with Gasteiger partial charge in [0.1, 0.15) is 0 Å². The minimum absolute atomic E-state index is 0.118. The average molecular weight is 354 g/mol. The van der Waals surface area contributed by atoms with Gasteiger partial charge >= 0.3 is 4.87 Å². The Hall–Kier alpha value is -2.22. The number of nitro groups is 1. The zero-order chi connectivity index (χ0) is 18.4. The second-order valence-electron chi connectivity index (χ2n) is 5.37. The molecule has 1 atom stereocenters. The highest BCUT2D eigenvalue weighted by molar-refractivity contribution is 7.92. The van der Waals surface area contributed by atoms with E-state index in [1.165, 1.54) is 41.3 Å². The number of rotatable bonds is 8. The molecule has 0 saturated carbocycles. The molecule has 1 unspecified atom stereocenters. The highest BCUT2D eigenvalue weighted by Crippen LogP contribution is 2.29. The molecule has 132 valence electrons. The first-order valence-corrected chi connectivity index (χ1v) is 9.08. The van der Waals surface area contributed by atoms with Crippen molar-refractivity contribution in [2.45, 2.75) is 37.0 Å². The van der Waals surface area contributed by atoms with Gasteiger partial charge in [-0.1, -0.05) is 24.3 Å². The van der Waals surface area contributed by atoms with E-state index < -0.39 is 26.1 Å². The molecule has 0 aliphatic rings. The summed E-state index contributed by atoms with van der Waals surface area (Å²) in [5, 5.41) is 11.5. The molecule has 0 radical (unpaired) electrons. The molecule has 0 fully saturated rings. The lowest BCUT2D eigenvalue weighted by Gasteiger charge is -2.20. The van der Waals surface area contributed by atoms with Crippen molar-refractivity contribution in [2.24, 2.45) is 0 Å². The SMILES string of the molecule is CCN(CC)C(=O)/C=C/CC(C)([N+](=O)[O-])S(=O)(=O)c1ccccc1. The number of benzene rings is 1. The standard InChI is InChI=1S/C16H22N2O5S/c1-4-17(5-2)15(19)12-9-13-16(3,18(20)21)24(22,23)14-10-7-6-8-11-14/h6-12H,4-5,13H2,1-3H3/b12-9+. The Morgan fingerprint density at radius 2 is 1.79 bits per heavy atom. The normalized spacial score (nSPS) is 14.3. The first-order chi connectivity index (χ1) is 11.2. The van der Waals surface area contributed by atoms with Crippen LogP contribution in [0.25, 0.3) is 0 Å². The number of carbonyl (C=O) groups is 1. The third kappa shape index (κ3) is 4.00. The van der Waals surface area contributed by atoms with Crippen molar-refractivity contribution in [3.8, 4) is 0 Å². The van der Waals surface area contributed by atoms with E-state index in [9.17, 15) is 23.3 Å². The summed E-state index contributed by atoms with van der Waals surface area (Å²) in [5.41, 5.74) is 0. The maximum atomic E-state index is 12.6. The van der Waals surface area contributed by atoms with E-state index >= 15 is 0 Å². The first kappa shape index (κ1) is 19.8. The van der Waals surface area contributed by atoms with Gasteiger partial charge in [0.2, 0.25) is 15.7 Å². The summed E-state index contributed by atoms with van der Waals surface area (Å²) < 4.78 is 25.3. The highest BCUT2D eigenvalue weighted by Gasteiger charge is 2.51. The minimum Gasteiger partial charge on any atom is -0.340 e. The van der Waals surface area contributed by atoms with Crippen LogP contribution in [0.1, 0.15) is 27.2 Å². The van der Waals surface area contributed by atoms with Crippen LogP contribution in [0.3, 0.4) is 0 Å². The van der Waals surface area contributed by atoms with E-state index in [0.717, 1.165) is 6.92 Å². The summed E-state index contributed by atoms with van der Waals surface area (Å²) in [4.78, 5) is 21.7. The fourth-order valence-corrected chi connectivity index (χ4v) is 3.69. The zero-order valence-electron chi connectivity index (χ0n) is 14.0. The monoisotopic (exact) mass is 354 g/mol. The zero-order valence-corrected chi connectivity index (χ0v) is 14.8. The van der Waals surface area contributed by atoms with Crippen LogP contribution >= 0.6 is 0 Å². The predicted molar refractivity (Wildman–Crippen MR) is 90.7 cm³/mol. The van der Waals surface area contributed by atoms with E-state index in [1.807, 2.05) is 13.8 Å². The van der Waals surface area contributed by atoms with E-state index in [2.05, 4.69) is 0 Å². The number of hydrogen-bond donors (Lipinski definition) is 0. The summed E-state index contributed by atoms with van der Waals surface area (Å²) in [5.74, 6) is -0.303. The lowest BCUT2D eigenvalue weighted by atomic mass is 10.2. The Kier molecular flexibility index (Phi) is 6.65. The number of likely N-dealkylation sites (N-methyl/N-ethyl adjacent to an activating group) is 1. The molecule has 0 aromatic heterocycles.